The van der Waals surface area contributed by atoms with E-state index in [1.54, 1.807) is 0 Å². The van der Waals surface area contributed by atoms with Crippen molar-refractivity contribution in [2.75, 3.05) is 16.4 Å². The molecule has 0 bridgehead atoms. The number of hydrogen-bond acceptors (Lipinski definition) is 6. The zero-order chi connectivity index (χ0) is 26.4. The summed E-state index contributed by atoms with van der Waals surface area (Å²) in [7, 11) is 0. The van der Waals surface area contributed by atoms with Crippen molar-refractivity contribution in [2.45, 2.75) is 43.8 Å². The molecule has 1 aliphatic heterocycles. The Morgan fingerprint density at radius 1 is 1.33 bits per heavy atom. The fraction of sp³-hybridized carbons (Fsp3) is 0.348. The van der Waals surface area contributed by atoms with Crippen LogP contribution in [0.2, 0.25) is 0 Å². The molecule has 8 nitrogen and oxygen atoms in total. The van der Waals surface area contributed by atoms with Gasteiger partial charge in [0.05, 0.1) is 28.7 Å². The first kappa shape index (κ1) is 25.5. The molecule has 36 heavy (non-hydrogen) atoms. The lowest BCUT2D eigenvalue weighted by molar-refractivity contribution is -0.138. The normalized spacial score (nSPS) is 16.9. The van der Waals surface area contributed by atoms with Crippen LogP contribution in [0.5, 0.6) is 0 Å². The molecule has 3 N–H and O–H groups in total. The van der Waals surface area contributed by atoms with Gasteiger partial charge in [0.25, 0.3) is 11.8 Å². The van der Waals surface area contributed by atoms with Gasteiger partial charge < -0.3 is 15.7 Å². The molecule has 2 amide bonds. The number of primary amides is 1. The van der Waals surface area contributed by atoms with Crippen molar-refractivity contribution in [1.82, 2.24) is 4.98 Å². The number of aliphatic hydroxyl groups excluding tert-OH is 1. The van der Waals surface area contributed by atoms with E-state index in [2.05, 4.69) is 4.98 Å². The SMILES string of the molecule is N#Cc1ncc(N2C(=O)C3(CCC3)N(c3ccc(C(N)=O)c(F)c3CCCO)C2=S)cc1C(F)(F)F. The number of nitriles is 1. The summed E-state index contributed by atoms with van der Waals surface area (Å²) >= 11 is 5.54. The van der Waals surface area contributed by atoms with Gasteiger partial charge in [0.2, 0.25) is 0 Å². The average Bonchev–Trinajstić information content (AvgIpc) is 3.03. The molecule has 1 aliphatic carbocycles. The van der Waals surface area contributed by atoms with E-state index in [-0.39, 0.29) is 47.1 Å². The highest BCUT2D eigenvalue weighted by Gasteiger charge is 2.60. The Bertz CT molecular complexity index is 1320. The predicted octanol–water partition coefficient (Wildman–Crippen LogP) is 3.20. The molecule has 2 heterocycles. The van der Waals surface area contributed by atoms with Gasteiger partial charge in [0.15, 0.2) is 10.8 Å². The number of rotatable bonds is 6. The van der Waals surface area contributed by atoms with Crippen LogP contribution in [0.25, 0.3) is 0 Å². The van der Waals surface area contributed by atoms with Crippen LogP contribution in [0.4, 0.5) is 28.9 Å². The number of amides is 2. The highest BCUT2D eigenvalue weighted by molar-refractivity contribution is 7.81. The van der Waals surface area contributed by atoms with Gasteiger partial charge in [-0.05, 0) is 62.5 Å². The van der Waals surface area contributed by atoms with E-state index in [1.807, 2.05) is 0 Å². The maximum atomic E-state index is 15.3. The van der Waals surface area contributed by atoms with Gasteiger partial charge in [-0.2, -0.15) is 18.4 Å². The number of carbonyl (C=O) groups is 2. The number of carbonyl (C=O) groups excluding carboxylic acids is 2. The highest BCUT2D eigenvalue weighted by atomic mass is 32.1. The number of anilines is 2. The lowest BCUT2D eigenvalue weighted by Gasteiger charge is -2.43. The number of pyridine rings is 1. The Hall–Kier alpha value is -3.63. The first-order valence-corrected chi connectivity index (χ1v) is 11.3. The molecule has 2 aliphatic rings. The number of alkyl halides is 3. The zero-order valence-electron chi connectivity index (χ0n) is 18.6. The van der Waals surface area contributed by atoms with Gasteiger partial charge in [-0.15, -0.1) is 0 Å². The molecule has 2 fully saturated rings. The molecule has 2 aromatic rings. The lowest BCUT2D eigenvalue weighted by Crippen LogP contribution is -2.55. The van der Waals surface area contributed by atoms with E-state index in [0.29, 0.717) is 25.3 Å². The molecule has 4 rings (SSSR count). The third-order valence-electron chi connectivity index (χ3n) is 6.44. The Balaban J connectivity index is 1.87. The second-order valence-electron chi connectivity index (χ2n) is 8.46. The maximum Gasteiger partial charge on any atom is 0.419 e. The Morgan fingerprint density at radius 2 is 2.03 bits per heavy atom. The molecule has 1 saturated heterocycles. The molecular formula is C23H19F4N5O3S. The fourth-order valence-electron chi connectivity index (χ4n) is 4.57. The van der Waals surface area contributed by atoms with Crippen molar-refractivity contribution < 1.29 is 32.3 Å². The maximum absolute atomic E-state index is 15.3. The number of hydrogen-bond donors (Lipinski definition) is 2. The van der Waals surface area contributed by atoms with E-state index < -0.39 is 40.6 Å². The summed E-state index contributed by atoms with van der Waals surface area (Å²) in [6.45, 7) is -0.280. The quantitative estimate of drug-likeness (QED) is 0.442. The fourth-order valence-corrected chi connectivity index (χ4v) is 5.03. The standard InChI is InChI=1S/C23H19F4N5O3S/c24-18-13(3-1-8-33)17(5-4-14(18)19(29)34)32-21(36)31(20(35)22(32)6-2-7-22)12-9-15(23(25,26)27)16(10-28)30-11-12/h4-5,9,11,33H,1-3,6-8H2,(H2,29,34). The van der Waals surface area contributed by atoms with Crippen molar-refractivity contribution in [1.29, 1.82) is 5.26 Å². The van der Waals surface area contributed by atoms with E-state index >= 15 is 4.39 Å². The molecule has 1 aromatic carbocycles. The first-order chi connectivity index (χ1) is 17.0. The summed E-state index contributed by atoms with van der Waals surface area (Å²) < 4.78 is 56.0. The van der Waals surface area contributed by atoms with Crippen molar-refractivity contribution >= 4 is 40.5 Å². The number of nitrogens with two attached hydrogens (primary N) is 1. The van der Waals surface area contributed by atoms with Crippen LogP contribution in [-0.2, 0) is 17.4 Å². The number of benzene rings is 1. The third-order valence-corrected chi connectivity index (χ3v) is 6.81. The number of aliphatic hydroxyl groups is 1. The van der Waals surface area contributed by atoms with Crippen LogP contribution >= 0.6 is 12.2 Å². The number of halogens is 4. The van der Waals surface area contributed by atoms with Crippen LogP contribution in [-0.4, -0.2) is 39.2 Å². The van der Waals surface area contributed by atoms with Crippen molar-refractivity contribution in [3.8, 4) is 6.07 Å². The molecule has 1 saturated carbocycles. The predicted molar refractivity (Wildman–Crippen MR) is 123 cm³/mol. The lowest BCUT2D eigenvalue weighted by atomic mass is 9.75. The Kier molecular flexibility index (Phi) is 6.44. The largest absolute Gasteiger partial charge is 0.419 e. The van der Waals surface area contributed by atoms with Crippen LogP contribution in [0, 0.1) is 17.1 Å². The van der Waals surface area contributed by atoms with Crippen LogP contribution in [0.1, 0.15) is 52.9 Å². The minimum Gasteiger partial charge on any atom is -0.396 e. The molecule has 13 heteroatoms. The summed E-state index contributed by atoms with van der Waals surface area (Å²) in [5, 5.41) is 18.1. The number of nitrogens with zero attached hydrogens (tertiary/aromatic N) is 4. The third kappa shape index (κ3) is 3.86. The van der Waals surface area contributed by atoms with Gasteiger partial charge in [-0.25, -0.2) is 9.37 Å². The monoisotopic (exact) mass is 521 g/mol. The van der Waals surface area contributed by atoms with Crippen molar-refractivity contribution in [3.63, 3.8) is 0 Å². The average molecular weight is 521 g/mol. The molecule has 0 radical (unpaired) electrons. The van der Waals surface area contributed by atoms with Gasteiger partial charge in [-0.1, -0.05) is 0 Å². The summed E-state index contributed by atoms with van der Waals surface area (Å²) in [5.41, 5.74) is 1.33. The van der Waals surface area contributed by atoms with Gasteiger partial charge >= 0.3 is 6.18 Å². The molecule has 0 unspecified atom stereocenters. The van der Waals surface area contributed by atoms with Crippen molar-refractivity contribution in [3.05, 3.63) is 52.6 Å². The first-order valence-electron chi connectivity index (χ1n) is 10.9. The smallest absolute Gasteiger partial charge is 0.396 e. The van der Waals surface area contributed by atoms with E-state index in [1.165, 1.54) is 17.0 Å². The number of thiocarbonyl (C=S) groups is 1. The Labute approximate surface area is 207 Å². The van der Waals surface area contributed by atoms with E-state index in [9.17, 15) is 27.9 Å². The second-order valence-corrected chi connectivity index (χ2v) is 8.82. The summed E-state index contributed by atoms with van der Waals surface area (Å²) in [4.78, 5) is 31.2. The van der Waals surface area contributed by atoms with E-state index in [0.717, 1.165) is 17.2 Å². The zero-order valence-corrected chi connectivity index (χ0v) is 19.4. The molecule has 188 valence electrons. The second kappa shape index (κ2) is 9.11. The molecule has 1 aromatic heterocycles. The van der Waals surface area contributed by atoms with Gasteiger partial charge in [-0.3, -0.25) is 14.5 Å². The van der Waals surface area contributed by atoms with Crippen molar-refractivity contribution in [2.24, 2.45) is 5.73 Å². The molecular weight excluding hydrogens is 502 g/mol. The van der Waals surface area contributed by atoms with Crippen LogP contribution in [0.3, 0.4) is 0 Å². The van der Waals surface area contributed by atoms with Gasteiger partial charge in [0.1, 0.15) is 17.4 Å². The minimum atomic E-state index is -4.91. The van der Waals surface area contributed by atoms with Crippen LogP contribution in [0.15, 0.2) is 24.4 Å². The van der Waals surface area contributed by atoms with E-state index in [4.69, 9.17) is 23.2 Å². The summed E-state index contributed by atoms with van der Waals surface area (Å²) in [6.07, 6.45) is -2.61. The highest BCUT2D eigenvalue weighted by Crippen LogP contribution is 2.49. The van der Waals surface area contributed by atoms with Gasteiger partial charge in [0, 0.05) is 12.2 Å². The summed E-state index contributed by atoms with van der Waals surface area (Å²) in [5.74, 6) is -2.53. The summed E-state index contributed by atoms with van der Waals surface area (Å²) in [6, 6.07) is 4.56. The minimum absolute atomic E-state index is 0.00226. The number of aromatic nitrogens is 1. The molecule has 1 spiro atoms. The topological polar surface area (TPSA) is 124 Å². The van der Waals surface area contributed by atoms with Crippen LogP contribution < -0.4 is 15.5 Å². The molecule has 0 atom stereocenters. The Morgan fingerprint density at radius 3 is 2.56 bits per heavy atom.